The molecule has 1 saturated carbocycles. The minimum absolute atomic E-state index is 0.00758. The summed E-state index contributed by atoms with van der Waals surface area (Å²) in [5, 5.41) is 18.2. The van der Waals surface area contributed by atoms with E-state index in [1.807, 2.05) is 26.1 Å². The van der Waals surface area contributed by atoms with Gasteiger partial charge in [-0.3, -0.25) is 19.8 Å². The minimum Gasteiger partial charge on any atom is -0.465 e. The maximum absolute atomic E-state index is 15.2. The first kappa shape index (κ1) is 39.1. The third-order valence-corrected chi connectivity index (χ3v) is 9.69. The number of aliphatic imine (C=N–C) groups is 1. The zero-order valence-corrected chi connectivity index (χ0v) is 30.4. The number of guanidine groups is 1. The Bertz CT molecular complexity index is 2280. The topological polar surface area (TPSA) is 173 Å². The van der Waals surface area contributed by atoms with Crippen molar-refractivity contribution in [2.45, 2.75) is 69.8 Å². The van der Waals surface area contributed by atoms with Crippen molar-refractivity contribution in [3.8, 4) is 5.69 Å². The van der Waals surface area contributed by atoms with E-state index in [9.17, 15) is 41.4 Å². The van der Waals surface area contributed by atoms with Gasteiger partial charge in [-0.1, -0.05) is 44.5 Å². The Morgan fingerprint density at radius 1 is 1.05 bits per heavy atom. The van der Waals surface area contributed by atoms with Crippen molar-refractivity contribution in [3.63, 3.8) is 0 Å². The van der Waals surface area contributed by atoms with Gasteiger partial charge in [0.1, 0.15) is 18.5 Å². The number of aryl methyl sites for hydroxylation is 1. The maximum Gasteiger partial charge on any atom is 0.411 e. The highest BCUT2D eigenvalue weighted by molar-refractivity contribution is 6.32. The summed E-state index contributed by atoms with van der Waals surface area (Å²) in [4.78, 5) is 61.9. The highest BCUT2D eigenvalue weighted by atomic mass is 35.5. The number of benzene rings is 2. The normalized spacial score (nSPS) is 18.7. The van der Waals surface area contributed by atoms with E-state index in [4.69, 9.17) is 21.3 Å². The molecule has 14 nitrogen and oxygen atoms in total. The van der Waals surface area contributed by atoms with Crippen LogP contribution in [0.2, 0.25) is 5.02 Å². The number of alkyl halides is 5. The number of ether oxygens (including phenoxy) is 1. The third-order valence-electron chi connectivity index (χ3n) is 9.38. The number of rotatable bonds is 9. The molecule has 3 heterocycles. The van der Waals surface area contributed by atoms with Gasteiger partial charge in [-0.15, -0.1) is 0 Å². The number of hydrogen-bond acceptors (Lipinski definition) is 8. The van der Waals surface area contributed by atoms with Crippen molar-refractivity contribution in [3.05, 3.63) is 87.2 Å². The first-order valence-corrected chi connectivity index (χ1v) is 17.1. The first-order chi connectivity index (χ1) is 25.7. The molecule has 3 N–H and O–H groups in total. The summed E-state index contributed by atoms with van der Waals surface area (Å²) in [5.74, 6) is -2.15. The molecule has 1 aliphatic heterocycles. The molecule has 1 fully saturated rings. The zero-order valence-electron chi connectivity index (χ0n) is 29.6. The Balaban J connectivity index is 1.51. The van der Waals surface area contributed by atoms with Crippen LogP contribution in [0.4, 0.5) is 31.5 Å². The van der Waals surface area contributed by atoms with Gasteiger partial charge < -0.3 is 19.7 Å². The van der Waals surface area contributed by atoms with E-state index < -0.39 is 71.6 Å². The molecule has 2 aromatic heterocycles. The smallest absolute Gasteiger partial charge is 0.411 e. The second-order valence-corrected chi connectivity index (χ2v) is 14.9. The van der Waals surface area contributed by atoms with Crippen molar-refractivity contribution >= 4 is 46.6 Å². The number of nitrogens with zero attached hydrogens (tertiary/aromatic N) is 6. The molecule has 2 aromatic carbocycles. The summed E-state index contributed by atoms with van der Waals surface area (Å²) in [6.45, 7) is 4.58. The second kappa shape index (κ2) is 13.9. The fourth-order valence-corrected chi connectivity index (χ4v) is 6.86. The number of carbonyl (C=O) groups is 3. The molecule has 1 aliphatic carbocycles. The number of alkyl carbamates (subject to hydrolysis) is 1. The summed E-state index contributed by atoms with van der Waals surface area (Å²) in [5.41, 5.74) is -4.66. The van der Waals surface area contributed by atoms with Crippen LogP contribution in [-0.2, 0) is 22.1 Å². The highest BCUT2D eigenvalue weighted by Gasteiger charge is 2.64. The molecule has 4 aromatic rings. The Morgan fingerprint density at radius 2 is 1.76 bits per heavy atom. The quantitative estimate of drug-likeness (QED) is 0.164. The minimum atomic E-state index is -4.79. The number of fused-ring (bicyclic) bond motifs is 1. The fraction of sp³-hybridized carbons (Fsp3) is 0.400. The van der Waals surface area contributed by atoms with Gasteiger partial charge in [0.2, 0.25) is 5.96 Å². The predicted octanol–water partition coefficient (Wildman–Crippen LogP) is 6.37. The van der Waals surface area contributed by atoms with Crippen LogP contribution in [0.1, 0.15) is 69.5 Å². The zero-order chi connectivity index (χ0) is 40.2. The maximum atomic E-state index is 15.2. The molecular formula is C35H34ClF5N8O6. The van der Waals surface area contributed by atoms with Crippen LogP contribution in [0.5, 0.6) is 0 Å². The number of carbonyl (C=O) groups excluding carboxylic acids is 2. The van der Waals surface area contributed by atoms with Crippen molar-refractivity contribution < 1.29 is 46.2 Å². The van der Waals surface area contributed by atoms with E-state index in [0.717, 1.165) is 15.9 Å². The van der Waals surface area contributed by atoms with E-state index in [1.54, 1.807) is 31.3 Å². The molecule has 2 aliphatic rings. The molecule has 0 saturated heterocycles. The van der Waals surface area contributed by atoms with Gasteiger partial charge in [0.15, 0.2) is 11.4 Å². The fourth-order valence-electron chi connectivity index (χ4n) is 6.66. The van der Waals surface area contributed by atoms with Crippen LogP contribution in [0, 0.1) is 5.41 Å². The van der Waals surface area contributed by atoms with E-state index in [1.165, 1.54) is 28.8 Å². The van der Waals surface area contributed by atoms with Crippen molar-refractivity contribution in [1.29, 1.82) is 0 Å². The molecule has 20 heteroatoms. The van der Waals surface area contributed by atoms with Crippen LogP contribution in [0.3, 0.4) is 0 Å². The van der Waals surface area contributed by atoms with Crippen LogP contribution in [-0.4, -0.2) is 71.7 Å². The Hall–Kier alpha value is -5.59. The molecule has 0 bridgehead atoms. The van der Waals surface area contributed by atoms with Gasteiger partial charge in [0, 0.05) is 13.1 Å². The van der Waals surface area contributed by atoms with Gasteiger partial charge in [0.25, 0.3) is 17.9 Å². The van der Waals surface area contributed by atoms with Crippen molar-refractivity contribution in [1.82, 2.24) is 34.9 Å². The summed E-state index contributed by atoms with van der Waals surface area (Å²) in [7, 11) is 1.56. The number of carboxylic acid groups (broad SMARTS) is 1. The molecule has 3 amide bonds. The van der Waals surface area contributed by atoms with Gasteiger partial charge in [-0.2, -0.15) is 18.3 Å². The van der Waals surface area contributed by atoms with E-state index in [0.29, 0.717) is 16.5 Å². The summed E-state index contributed by atoms with van der Waals surface area (Å²) < 4.78 is 76.4. The lowest BCUT2D eigenvalue weighted by Gasteiger charge is -2.35. The third kappa shape index (κ3) is 7.44. The lowest BCUT2D eigenvalue weighted by Crippen LogP contribution is -2.51. The molecule has 0 radical (unpaired) electrons. The number of aromatic nitrogens is 4. The Labute approximate surface area is 313 Å². The highest BCUT2D eigenvalue weighted by Crippen LogP contribution is 2.49. The van der Waals surface area contributed by atoms with E-state index in [-0.39, 0.29) is 41.1 Å². The summed E-state index contributed by atoms with van der Waals surface area (Å²) >= 11 is 6.42. The van der Waals surface area contributed by atoms with Crippen LogP contribution < -0.4 is 16.2 Å². The molecule has 1 unspecified atom stereocenters. The van der Waals surface area contributed by atoms with Gasteiger partial charge in [0.05, 0.1) is 22.3 Å². The number of amides is 3. The SMILES string of the molecule is Cn1c(=O)ccc2cc([C@@]3(CC(C)(C)C)N=C(NC(=O)O)N(C(COC(=O)NC4(C(F)(F)F)CC4)c4ccc(Cl)c(-n5ncnc5C(F)F)c4)C3=O)ccc21. The predicted molar refractivity (Wildman–Crippen MR) is 187 cm³/mol. The van der Waals surface area contributed by atoms with Crippen molar-refractivity contribution in [2.24, 2.45) is 17.5 Å². The largest absolute Gasteiger partial charge is 0.465 e. The van der Waals surface area contributed by atoms with Crippen LogP contribution in [0.25, 0.3) is 16.6 Å². The summed E-state index contributed by atoms with van der Waals surface area (Å²) in [6, 6.07) is 9.96. The number of hydrogen-bond donors (Lipinski definition) is 3. The van der Waals surface area contributed by atoms with E-state index >= 15 is 4.79 Å². The van der Waals surface area contributed by atoms with Crippen LogP contribution in [0.15, 0.2) is 64.6 Å². The molecule has 292 valence electrons. The van der Waals surface area contributed by atoms with Crippen LogP contribution >= 0.6 is 11.6 Å². The average Bonchev–Trinajstić information content (AvgIpc) is 3.63. The summed E-state index contributed by atoms with van der Waals surface area (Å²) in [6.07, 6.45) is -11.0. The number of pyridine rings is 1. The molecule has 2 atom stereocenters. The average molecular weight is 793 g/mol. The lowest BCUT2D eigenvalue weighted by molar-refractivity contribution is -0.164. The van der Waals surface area contributed by atoms with Gasteiger partial charge in [-0.05, 0) is 71.5 Å². The molecular weight excluding hydrogens is 759 g/mol. The Kier molecular flexibility index (Phi) is 9.90. The second-order valence-electron chi connectivity index (χ2n) is 14.5. The molecule has 55 heavy (non-hydrogen) atoms. The van der Waals surface area contributed by atoms with E-state index in [2.05, 4.69) is 15.4 Å². The monoisotopic (exact) mass is 792 g/mol. The molecule has 0 spiro atoms. The standard InChI is InChI=1S/C35H34ClF5N8O6/c1-32(2,3)16-34(20-7-9-22-18(13-20)6-10-25(50)47(22)4)28(51)48(29(45-34)44-30(52)53)24(15-55-31(54)46-33(11-12-33)35(39,40)41)19-5-8-21(36)23(14-19)49-27(26(37)38)42-17-43-49/h5-10,13-14,17,24,26H,11-12,15-16H2,1-4H3,(H,44,45)(H,46,54)(H,52,53)/t24?,34-/m1/s1. The number of nitrogens with one attached hydrogen (secondary N) is 2. The lowest BCUT2D eigenvalue weighted by atomic mass is 9.75. The molecule has 6 rings (SSSR count). The Morgan fingerprint density at radius 3 is 2.38 bits per heavy atom. The number of halogens is 6. The first-order valence-electron chi connectivity index (χ1n) is 16.7. The van der Waals surface area contributed by atoms with Gasteiger partial charge >= 0.3 is 18.4 Å². The van der Waals surface area contributed by atoms with Gasteiger partial charge in [-0.25, -0.2) is 33.0 Å². The van der Waals surface area contributed by atoms with Crippen molar-refractivity contribution in [2.75, 3.05) is 6.61 Å².